The highest BCUT2D eigenvalue weighted by Gasteiger charge is 2.34. The third-order valence-corrected chi connectivity index (χ3v) is 4.71. The van der Waals surface area contributed by atoms with Crippen molar-refractivity contribution >= 4 is 28.9 Å². The van der Waals surface area contributed by atoms with Crippen LogP contribution >= 0.6 is 0 Å². The van der Waals surface area contributed by atoms with Crippen LogP contribution in [0.2, 0.25) is 0 Å². The Bertz CT molecular complexity index is 1020. The average Bonchev–Trinajstić information content (AvgIpc) is 2.95. The van der Waals surface area contributed by atoms with Gasteiger partial charge in [0.15, 0.2) is 6.29 Å². The van der Waals surface area contributed by atoms with Crippen molar-refractivity contribution in [3.05, 3.63) is 77.4 Å². The molecule has 0 fully saturated rings. The molecule has 1 heterocycles. The summed E-state index contributed by atoms with van der Waals surface area (Å²) in [5.41, 5.74) is 1.40. The van der Waals surface area contributed by atoms with Gasteiger partial charge in [-0.05, 0) is 35.4 Å². The van der Waals surface area contributed by atoms with Gasteiger partial charge in [-0.3, -0.25) is 19.3 Å². The first kappa shape index (κ1) is 17.0. The Kier molecular flexibility index (Phi) is 4.42. The number of hydrogen-bond donors (Lipinski definition) is 0. The molecular weight excluding hydrogens is 342 g/mol. The molecule has 5 heteroatoms. The van der Waals surface area contributed by atoms with Crippen LogP contribution in [0.25, 0.3) is 10.8 Å². The molecule has 0 saturated heterocycles. The molecule has 27 heavy (non-hydrogen) atoms. The lowest BCUT2D eigenvalue weighted by Gasteiger charge is -2.15. The van der Waals surface area contributed by atoms with Gasteiger partial charge in [-0.25, -0.2) is 0 Å². The van der Waals surface area contributed by atoms with Crippen LogP contribution in [0.1, 0.15) is 37.5 Å². The van der Waals surface area contributed by atoms with E-state index in [0.717, 1.165) is 17.1 Å². The molecule has 0 aromatic heterocycles. The molecule has 1 aliphatic heterocycles. The molecule has 1 aliphatic rings. The molecule has 134 valence electrons. The van der Waals surface area contributed by atoms with Gasteiger partial charge in [0.05, 0.1) is 23.3 Å². The van der Waals surface area contributed by atoms with Crippen LogP contribution in [0, 0.1) is 0 Å². The molecule has 0 N–H and O–H groups in total. The molecule has 0 unspecified atom stereocenters. The van der Waals surface area contributed by atoms with Gasteiger partial charge in [-0.2, -0.15) is 0 Å². The summed E-state index contributed by atoms with van der Waals surface area (Å²) in [5, 5.41) is 1.81. The first-order chi connectivity index (χ1) is 13.2. The second kappa shape index (κ2) is 7.03. The normalized spacial score (nSPS) is 13.1. The summed E-state index contributed by atoms with van der Waals surface area (Å²) >= 11 is 0. The van der Waals surface area contributed by atoms with Crippen LogP contribution in [0.5, 0.6) is 5.75 Å². The summed E-state index contributed by atoms with van der Waals surface area (Å²) in [6.07, 6.45) is 1.28. The van der Waals surface area contributed by atoms with E-state index in [1.165, 1.54) is 4.90 Å². The minimum atomic E-state index is -0.269. The lowest BCUT2D eigenvalue weighted by Crippen LogP contribution is -2.31. The number of carbonyl (C=O) groups is 3. The summed E-state index contributed by atoms with van der Waals surface area (Å²) in [5.74, 6) is -0.0316. The second-order valence-electron chi connectivity index (χ2n) is 6.33. The van der Waals surface area contributed by atoms with Crippen molar-refractivity contribution in [3.8, 4) is 5.75 Å². The predicted molar refractivity (Wildman–Crippen MR) is 101 cm³/mol. The molecule has 5 nitrogen and oxygen atoms in total. The van der Waals surface area contributed by atoms with Gasteiger partial charge >= 0.3 is 0 Å². The predicted octanol–water partition coefficient (Wildman–Crippen LogP) is 3.72. The van der Waals surface area contributed by atoms with E-state index in [4.69, 9.17) is 4.74 Å². The monoisotopic (exact) mass is 359 g/mol. The van der Waals surface area contributed by atoms with E-state index >= 15 is 0 Å². The standard InChI is InChI=1S/C22H17NO4/c24-14-19-16-7-2-1-6-15(16)10-11-20(19)27-13-5-12-23-21(25)17-8-3-4-9-18(17)22(23)26/h1-4,6-11,14H,5,12-13H2. The molecule has 2 amide bonds. The number of imide groups is 1. The number of nitrogens with zero attached hydrogens (tertiary/aromatic N) is 1. The van der Waals surface area contributed by atoms with Crippen molar-refractivity contribution in [1.82, 2.24) is 4.90 Å². The minimum Gasteiger partial charge on any atom is -0.493 e. The Morgan fingerprint density at radius 3 is 2.22 bits per heavy atom. The third kappa shape index (κ3) is 2.97. The molecule has 4 rings (SSSR count). The molecule has 0 bridgehead atoms. The van der Waals surface area contributed by atoms with E-state index < -0.39 is 0 Å². The van der Waals surface area contributed by atoms with Crippen LogP contribution in [0.4, 0.5) is 0 Å². The Morgan fingerprint density at radius 2 is 1.52 bits per heavy atom. The van der Waals surface area contributed by atoms with Crippen molar-refractivity contribution < 1.29 is 19.1 Å². The minimum absolute atomic E-state index is 0.269. The van der Waals surface area contributed by atoms with Crippen LogP contribution in [0.15, 0.2) is 60.7 Å². The van der Waals surface area contributed by atoms with Crippen molar-refractivity contribution in [2.24, 2.45) is 0 Å². The van der Waals surface area contributed by atoms with Gasteiger partial charge in [-0.15, -0.1) is 0 Å². The summed E-state index contributed by atoms with van der Waals surface area (Å²) < 4.78 is 5.76. The van der Waals surface area contributed by atoms with E-state index in [1.54, 1.807) is 30.3 Å². The van der Waals surface area contributed by atoms with Gasteiger partial charge in [0.2, 0.25) is 0 Å². The SMILES string of the molecule is O=Cc1c(OCCCN2C(=O)c3ccccc3C2=O)ccc2ccccc12. The number of fused-ring (bicyclic) bond motifs is 2. The number of hydrogen-bond acceptors (Lipinski definition) is 4. The zero-order valence-corrected chi connectivity index (χ0v) is 14.6. The number of benzene rings is 3. The summed E-state index contributed by atoms with van der Waals surface area (Å²) in [6, 6.07) is 18.1. The summed E-state index contributed by atoms with van der Waals surface area (Å²) in [6.45, 7) is 0.572. The number of amides is 2. The summed E-state index contributed by atoms with van der Waals surface area (Å²) in [4.78, 5) is 37.4. The fourth-order valence-corrected chi connectivity index (χ4v) is 3.37. The van der Waals surface area contributed by atoms with Crippen molar-refractivity contribution in [1.29, 1.82) is 0 Å². The zero-order valence-electron chi connectivity index (χ0n) is 14.6. The van der Waals surface area contributed by atoms with Crippen LogP contribution in [-0.4, -0.2) is 36.2 Å². The first-order valence-corrected chi connectivity index (χ1v) is 8.75. The Hall–Kier alpha value is -3.47. The number of aldehydes is 1. The van der Waals surface area contributed by atoms with Gasteiger partial charge in [-0.1, -0.05) is 42.5 Å². The van der Waals surface area contributed by atoms with Gasteiger partial charge < -0.3 is 4.74 Å². The van der Waals surface area contributed by atoms with E-state index in [9.17, 15) is 14.4 Å². The maximum atomic E-state index is 12.3. The smallest absolute Gasteiger partial charge is 0.261 e. The molecule has 0 aliphatic carbocycles. The van der Waals surface area contributed by atoms with Crippen LogP contribution < -0.4 is 4.74 Å². The number of rotatable bonds is 6. The van der Waals surface area contributed by atoms with Gasteiger partial charge in [0.1, 0.15) is 5.75 Å². The number of carbonyl (C=O) groups excluding carboxylic acids is 3. The van der Waals surface area contributed by atoms with Gasteiger partial charge in [0.25, 0.3) is 11.8 Å². The highest BCUT2D eigenvalue weighted by molar-refractivity contribution is 6.21. The fourth-order valence-electron chi connectivity index (χ4n) is 3.37. The quantitative estimate of drug-likeness (QED) is 0.382. The molecular formula is C22H17NO4. The molecule has 0 radical (unpaired) electrons. The maximum Gasteiger partial charge on any atom is 0.261 e. The largest absolute Gasteiger partial charge is 0.493 e. The van der Waals surface area contributed by atoms with Crippen molar-refractivity contribution in [2.45, 2.75) is 6.42 Å². The lowest BCUT2D eigenvalue weighted by molar-refractivity contribution is 0.0646. The first-order valence-electron chi connectivity index (χ1n) is 8.75. The molecule has 0 spiro atoms. The van der Waals surface area contributed by atoms with E-state index in [1.807, 2.05) is 30.3 Å². The maximum absolute atomic E-state index is 12.3. The Morgan fingerprint density at radius 1 is 0.852 bits per heavy atom. The Labute approximate surface area is 156 Å². The van der Waals surface area contributed by atoms with Crippen LogP contribution in [-0.2, 0) is 0 Å². The number of ether oxygens (including phenoxy) is 1. The molecule has 0 saturated carbocycles. The van der Waals surface area contributed by atoms with E-state index in [-0.39, 0.29) is 18.4 Å². The van der Waals surface area contributed by atoms with Crippen molar-refractivity contribution in [3.63, 3.8) is 0 Å². The highest BCUT2D eigenvalue weighted by atomic mass is 16.5. The molecule has 3 aromatic carbocycles. The third-order valence-electron chi connectivity index (χ3n) is 4.71. The Balaban J connectivity index is 1.42. The zero-order chi connectivity index (χ0) is 18.8. The van der Waals surface area contributed by atoms with Gasteiger partial charge in [0, 0.05) is 6.54 Å². The molecule has 0 atom stereocenters. The molecule has 3 aromatic rings. The van der Waals surface area contributed by atoms with E-state index in [2.05, 4.69) is 0 Å². The highest BCUT2D eigenvalue weighted by Crippen LogP contribution is 2.27. The summed E-state index contributed by atoms with van der Waals surface area (Å²) in [7, 11) is 0. The van der Waals surface area contributed by atoms with E-state index in [0.29, 0.717) is 35.5 Å². The average molecular weight is 359 g/mol. The fraction of sp³-hybridized carbons (Fsp3) is 0.136. The lowest BCUT2D eigenvalue weighted by atomic mass is 10.0. The van der Waals surface area contributed by atoms with Crippen LogP contribution in [0.3, 0.4) is 0 Å². The second-order valence-corrected chi connectivity index (χ2v) is 6.33. The van der Waals surface area contributed by atoms with Crippen molar-refractivity contribution in [2.75, 3.05) is 13.2 Å². The topological polar surface area (TPSA) is 63.7 Å².